The normalized spacial score (nSPS) is 30.1. The first kappa shape index (κ1) is 26.8. The Hall–Kier alpha value is -1.79. The first-order valence-electron chi connectivity index (χ1n) is 14.0. The van der Waals surface area contributed by atoms with Crippen LogP contribution in [0.3, 0.4) is 0 Å². The number of hydrogen-bond donors (Lipinski definition) is 6. The maximum absolute atomic E-state index is 11.1. The fourth-order valence-electron chi connectivity index (χ4n) is 6.88. The maximum Gasteiger partial charge on any atom is 0.138 e. The van der Waals surface area contributed by atoms with Crippen LogP contribution in [0.25, 0.3) is 10.9 Å². The van der Waals surface area contributed by atoms with Crippen LogP contribution >= 0.6 is 0 Å². The summed E-state index contributed by atoms with van der Waals surface area (Å²) < 4.78 is 12.4. The highest BCUT2D eigenvalue weighted by Gasteiger charge is 2.58. The van der Waals surface area contributed by atoms with E-state index >= 15 is 0 Å². The fourth-order valence-corrected chi connectivity index (χ4v) is 6.88. The number of fused-ring (bicyclic) bond motifs is 2. The van der Waals surface area contributed by atoms with E-state index in [1.165, 1.54) is 38.5 Å². The fraction of sp³-hybridized carbons (Fsp3) is 0.741. The Morgan fingerprint density at radius 3 is 2.78 bits per heavy atom. The lowest BCUT2D eigenvalue weighted by Crippen LogP contribution is -2.72. The van der Waals surface area contributed by atoms with Crippen molar-refractivity contribution in [3.8, 4) is 5.75 Å². The molecule has 0 amide bonds. The number of nitrogens with one attached hydrogen (secondary N) is 3. The molecule has 6 atom stereocenters. The molecule has 2 aliphatic heterocycles. The largest absolute Gasteiger partial charge is 0.491 e. The number of H-pyrrole nitrogens is 1. The summed E-state index contributed by atoms with van der Waals surface area (Å²) in [7, 11) is 0. The van der Waals surface area contributed by atoms with Crippen LogP contribution in [0.15, 0.2) is 24.4 Å². The highest BCUT2D eigenvalue weighted by Crippen LogP contribution is 2.50. The molecule has 0 spiro atoms. The van der Waals surface area contributed by atoms with Gasteiger partial charge >= 0.3 is 0 Å². The first-order valence-corrected chi connectivity index (χ1v) is 14.0. The van der Waals surface area contributed by atoms with Crippen LogP contribution < -0.4 is 21.1 Å². The molecule has 37 heavy (non-hydrogen) atoms. The molecule has 0 radical (unpaired) electrons. The van der Waals surface area contributed by atoms with Gasteiger partial charge in [-0.15, -0.1) is 0 Å². The van der Waals surface area contributed by atoms with Crippen molar-refractivity contribution in [3.05, 3.63) is 24.4 Å². The number of aromatic amines is 1. The summed E-state index contributed by atoms with van der Waals surface area (Å²) in [5.41, 5.74) is 7.60. The molecule has 1 aromatic carbocycles. The summed E-state index contributed by atoms with van der Waals surface area (Å²) in [6.45, 7) is 3.32. The average Bonchev–Trinajstić information content (AvgIpc) is 3.45. The van der Waals surface area contributed by atoms with Gasteiger partial charge in [0.05, 0.1) is 36.8 Å². The van der Waals surface area contributed by atoms with Crippen LogP contribution in [0, 0.1) is 11.3 Å². The van der Waals surface area contributed by atoms with Gasteiger partial charge in [0.1, 0.15) is 24.7 Å². The second-order valence-corrected chi connectivity index (χ2v) is 11.0. The van der Waals surface area contributed by atoms with E-state index in [4.69, 9.17) is 15.2 Å². The smallest absolute Gasteiger partial charge is 0.138 e. The molecule has 1 saturated carbocycles. The number of ether oxygens (including phenoxy) is 2. The summed E-state index contributed by atoms with van der Waals surface area (Å²) in [5, 5.41) is 36.5. The number of nitrogens with two attached hydrogens (primary N) is 1. The van der Waals surface area contributed by atoms with E-state index in [1.807, 2.05) is 25.1 Å². The van der Waals surface area contributed by atoms with Gasteiger partial charge in [-0.05, 0) is 43.7 Å². The molecular formula is C27H44N6O4. The lowest BCUT2D eigenvalue weighted by Gasteiger charge is -2.52. The molecule has 3 unspecified atom stereocenters. The Bertz CT molecular complexity index is 998. The van der Waals surface area contributed by atoms with Crippen molar-refractivity contribution >= 4 is 10.9 Å². The third-order valence-corrected chi connectivity index (χ3v) is 8.91. The van der Waals surface area contributed by atoms with E-state index in [0.717, 1.165) is 23.9 Å². The summed E-state index contributed by atoms with van der Waals surface area (Å²) in [6.07, 6.45) is 8.75. The number of rotatable bonds is 10. The van der Waals surface area contributed by atoms with Crippen molar-refractivity contribution in [3.63, 3.8) is 0 Å². The van der Waals surface area contributed by atoms with Crippen molar-refractivity contribution in [1.29, 1.82) is 0 Å². The van der Waals surface area contributed by atoms with Gasteiger partial charge in [-0.3, -0.25) is 20.6 Å². The molecule has 1 aromatic heterocycles. The number of hydrogen-bond acceptors (Lipinski definition) is 9. The minimum atomic E-state index is -0.701. The lowest BCUT2D eigenvalue weighted by atomic mass is 9.66. The van der Waals surface area contributed by atoms with Crippen molar-refractivity contribution in [1.82, 2.24) is 25.7 Å². The molecule has 1 aliphatic carbocycles. The Balaban J connectivity index is 1.32. The number of aromatic nitrogens is 2. The quantitative estimate of drug-likeness (QED) is 0.261. The van der Waals surface area contributed by atoms with Crippen molar-refractivity contribution in [2.45, 2.75) is 89.1 Å². The molecule has 10 heteroatoms. The standard InChI is InChI=1S/C27H44N6O4/c1-2-23(35)24(37-21(15-34)16-36-20-10-9-18-14-31-32-22(18)13-20)33-12-11-27(19-7-5-3-4-6-8-19)25(28)29-17-30-26(27)33/h9-10,13-14,19,21,23-26,29-30,34-35H,2-8,11-12,15-17,28H2,1H3,(H,31,32)/t21-,23+,24+,25?,26?,27?/m0/s1. The molecule has 7 N–H and O–H groups in total. The van der Waals surface area contributed by atoms with Crippen molar-refractivity contribution in [2.24, 2.45) is 17.1 Å². The Labute approximate surface area is 219 Å². The summed E-state index contributed by atoms with van der Waals surface area (Å²) in [5.74, 6) is 1.19. The van der Waals surface area contributed by atoms with E-state index in [9.17, 15) is 10.2 Å². The lowest BCUT2D eigenvalue weighted by molar-refractivity contribution is -0.186. The predicted octanol–water partition coefficient (Wildman–Crippen LogP) is 1.84. The van der Waals surface area contributed by atoms with Gasteiger partial charge in [-0.1, -0.05) is 32.6 Å². The maximum atomic E-state index is 11.1. The predicted molar refractivity (Wildman–Crippen MR) is 141 cm³/mol. The van der Waals surface area contributed by atoms with E-state index in [1.54, 1.807) is 6.20 Å². The van der Waals surface area contributed by atoms with Crippen LogP contribution in [0.5, 0.6) is 5.75 Å². The number of likely N-dealkylation sites (tertiary alicyclic amines) is 1. The Morgan fingerprint density at radius 1 is 1.22 bits per heavy atom. The molecule has 2 saturated heterocycles. The molecule has 2 aromatic rings. The number of benzene rings is 1. The Morgan fingerprint density at radius 2 is 2.03 bits per heavy atom. The minimum absolute atomic E-state index is 0.00102. The summed E-state index contributed by atoms with van der Waals surface area (Å²) in [6, 6.07) is 5.71. The van der Waals surface area contributed by atoms with Gasteiger partial charge in [-0.25, -0.2) is 0 Å². The number of aliphatic hydroxyl groups excluding tert-OH is 2. The monoisotopic (exact) mass is 516 g/mol. The molecule has 10 nitrogen and oxygen atoms in total. The van der Waals surface area contributed by atoms with E-state index in [-0.39, 0.29) is 31.0 Å². The molecule has 5 rings (SSSR count). The number of nitrogens with zero attached hydrogens (tertiary/aromatic N) is 2. The molecule has 3 heterocycles. The molecule has 206 valence electrons. The summed E-state index contributed by atoms with van der Waals surface area (Å²) >= 11 is 0. The van der Waals surface area contributed by atoms with E-state index in [0.29, 0.717) is 24.8 Å². The van der Waals surface area contributed by atoms with Gasteiger partial charge in [0.2, 0.25) is 0 Å². The van der Waals surface area contributed by atoms with Gasteiger partial charge < -0.3 is 25.4 Å². The number of aliphatic hydroxyl groups is 2. The van der Waals surface area contributed by atoms with Crippen LogP contribution in [-0.2, 0) is 4.74 Å². The molecular weight excluding hydrogens is 472 g/mol. The van der Waals surface area contributed by atoms with Crippen molar-refractivity contribution < 1.29 is 19.7 Å². The topological polar surface area (TPSA) is 141 Å². The second-order valence-electron chi connectivity index (χ2n) is 11.0. The zero-order valence-electron chi connectivity index (χ0n) is 21.9. The first-order chi connectivity index (χ1) is 18.1. The zero-order chi connectivity index (χ0) is 25.8. The average molecular weight is 517 g/mol. The van der Waals surface area contributed by atoms with Crippen LogP contribution in [0.4, 0.5) is 0 Å². The Kier molecular flexibility index (Phi) is 8.65. The van der Waals surface area contributed by atoms with Crippen molar-refractivity contribution in [2.75, 3.05) is 26.4 Å². The minimum Gasteiger partial charge on any atom is -0.491 e. The molecule has 3 aliphatic rings. The molecule has 3 fully saturated rings. The van der Waals surface area contributed by atoms with E-state index < -0.39 is 18.4 Å². The third-order valence-electron chi connectivity index (χ3n) is 8.91. The SMILES string of the molecule is CC[C@@H](O)[C@@H](O[C@@H](CO)COc1ccc2cn[nH]c2c1)N1CCC2(C3CCCCCC3)C(N)NCNC12. The highest BCUT2D eigenvalue weighted by molar-refractivity contribution is 5.79. The zero-order valence-corrected chi connectivity index (χ0v) is 21.9. The van der Waals surface area contributed by atoms with Crippen LogP contribution in [0.2, 0.25) is 0 Å². The van der Waals surface area contributed by atoms with Gasteiger partial charge in [0, 0.05) is 30.1 Å². The van der Waals surface area contributed by atoms with E-state index in [2.05, 4.69) is 25.7 Å². The highest BCUT2D eigenvalue weighted by atomic mass is 16.6. The van der Waals surface area contributed by atoms with Gasteiger partial charge in [-0.2, -0.15) is 5.10 Å². The van der Waals surface area contributed by atoms with Gasteiger partial charge in [0.15, 0.2) is 0 Å². The van der Waals surface area contributed by atoms with Crippen LogP contribution in [-0.4, -0.2) is 82.5 Å². The van der Waals surface area contributed by atoms with Gasteiger partial charge in [0.25, 0.3) is 0 Å². The summed E-state index contributed by atoms with van der Waals surface area (Å²) in [4.78, 5) is 2.26. The second kappa shape index (κ2) is 11.9. The molecule has 0 bridgehead atoms. The third kappa shape index (κ3) is 5.38. The van der Waals surface area contributed by atoms with Crippen LogP contribution in [0.1, 0.15) is 58.3 Å².